The molecule has 0 saturated carbocycles. The van der Waals surface area contributed by atoms with Gasteiger partial charge in [-0.05, 0) is 37.3 Å². The monoisotopic (exact) mass is 400 g/mol. The lowest BCUT2D eigenvalue weighted by atomic mass is 9.94. The van der Waals surface area contributed by atoms with Crippen LogP contribution in [0.25, 0.3) is 0 Å². The summed E-state index contributed by atoms with van der Waals surface area (Å²) in [5.74, 6) is -0.360. The summed E-state index contributed by atoms with van der Waals surface area (Å²) in [5.41, 5.74) is 0.961. The van der Waals surface area contributed by atoms with E-state index in [0.29, 0.717) is 13.0 Å². The highest BCUT2D eigenvalue weighted by Crippen LogP contribution is 2.25. The van der Waals surface area contributed by atoms with E-state index in [9.17, 15) is 18.4 Å². The molecule has 0 aliphatic heterocycles. The van der Waals surface area contributed by atoms with Crippen molar-refractivity contribution in [1.82, 2.24) is 10.0 Å². The third-order valence-corrected chi connectivity index (χ3v) is 5.59. The molecule has 0 aliphatic carbocycles. The average Bonchev–Trinajstić information content (AvgIpc) is 2.59. The Hall–Kier alpha value is -1.64. The van der Waals surface area contributed by atoms with Crippen molar-refractivity contribution in [2.75, 3.05) is 12.4 Å². The molecule has 1 amide bonds. The summed E-state index contributed by atoms with van der Waals surface area (Å²) in [6, 6.07) is 7.62. The predicted octanol–water partition coefficient (Wildman–Crippen LogP) is 3.29. The number of carbonyl (C=O) groups excluding carboxylic acids is 1. The van der Waals surface area contributed by atoms with Crippen molar-refractivity contribution < 1.29 is 23.2 Å². The molecule has 0 spiro atoms. The number of rotatable bonds is 13. The fraction of sp³-hybridized carbons (Fsp3) is 0.632. The molecule has 1 rings (SSSR count). The van der Waals surface area contributed by atoms with Crippen molar-refractivity contribution >= 4 is 15.9 Å². The average molecular weight is 401 g/mol. The Balaban J connectivity index is 2.88. The van der Waals surface area contributed by atoms with Crippen molar-refractivity contribution in [3.05, 3.63) is 29.8 Å². The summed E-state index contributed by atoms with van der Waals surface area (Å²) in [5, 5.41) is 9.41. The first-order valence-electron chi connectivity index (χ1n) is 9.49. The van der Waals surface area contributed by atoms with Crippen molar-refractivity contribution in [2.24, 2.45) is 5.92 Å². The molecule has 1 aromatic rings. The molecular weight excluding hydrogens is 368 g/mol. The normalized spacial score (nSPS) is 12.6. The number of unbranched alkanes of at least 4 members (excludes halogenated alkanes) is 3. The molecule has 0 bridgehead atoms. The number of hydroxylamine groups is 1. The van der Waals surface area contributed by atoms with Crippen molar-refractivity contribution in [3.8, 4) is 5.75 Å². The number of nitrogens with zero attached hydrogens (tertiary/aromatic N) is 1. The number of para-hydroxylation sites is 1. The zero-order chi connectivity index (χ0) is 20.3. The van der Waals surface area contributed by atoms with Crippen LogP contribution in [-0.4, -0.2) is 37.1 Å². The van der Waals surface area contributed by atoms with Gasteiger partial charge in [0.25, 0.3) is 5.91 Å². The van der Waals surface area contributed by atoms with Gasteiger partial charge in [0, 0.05) is 6.92 Å². The molecule has 2 N–H and O–H groups in total. The quantitative estimate of drug-likeness (QED) is 0.301. The Morgan fingerprint density at radius 3 is 2.56 bits per heavy atom. The SMILES string of the molecule is CCCCCCC(Cc1ccccc1OCC)CS(=O)(=O)NN(O)C(C)=O. The molecule has 0 aromatic heterocycles. The van der Waals surface area contributed by atoms with Crippen molar-refractivity contribution in [1.29, 1.82) is 0 Å². The van der Waals surface area contributed by atoms with Crippen LogP contribution in [0.4, 0.5) is 0 Å². The first-order valence-corrected chi connectivity index (χ1v) is 11.1. The van der Waals surface area contributed by atoms with Gasteiger partial charge in [-0.2, -0.15) is 0 Å². The zero-order valence-corrected chi connectivity index (χ0v) is 17.3. The van der Waals surface area contributed by atoms with Crippen LogP contribution in [0.5, 0.6) is 5.75 Å². The Morgan fingerprint density at radius 1 is 1.22 bits per heavy atom. The summed E-state index contributed by atoms with van der Waals surface area (Å²) in [6.45, 7) is 5.64. The van der Waals surface area contributed by atoms with Crippen LogP contribution in [0.2, 0.25) is 0 Å². The molecule has 0 fully saturated rings. The number of amides is 1. The molecule has 0 saturated heterocycles. The van der Waals surface area contributed by atoms with E-state index in [-0.39, 0.29) is 16.8 Å². The third-order valence-electron chi connectivity index (χ3n) is 4.23. The number of nitrogens with one attached hydrogen (secondary N) is 1. The number of hydrazine groups is 1. The van der Waals surface area contributed by atoms with Gasteiger partial charge in [0.1, 0.15) is 5.75 Å². The lowest BCUT2D eigenvalue weighted by Crippen LogP contribution is -2.44. The number of sulfonamides is 1. The molecule has 1 unspecified atom stereocenters. The molecule has 1 aromatic carbocycles. The maximum Gasteiger partial charge on any atom is 0.259 e. The Kier molecular flexibility index (Phi) is 10.4. The van der Waals surface area contributed by atoms with Crippen LogP contribution in [0.1, 0.15) is 58.4 Å². The second kappa shape index (κ2) is 11.9. The minimum atomic E-state index is -3.85. The minimum Gasteiger partial charge on any atom is -0.494 e. The number of hydrogen-bond donors (Lipinski definition) is 2. The molecule has 154 valence electrons. The fourth-order valence-corrected chi connectivity index (χ4v) is 4.30. The number of benzene rings is 1. The Morgan fingerprint density at radius 2 is 1.93 bits per heavy atom. The largest absolute Gasteiger partial charge is 0.494 e. The Labute approximate surface area is 162 Å². The summed E-state index contributed by atoms with van der Waals surface area (Å²) in [7, 11) is -3.85. The summed E-state index contributed by atoms with van der Waals surface area (Å²) in [6.07, 6.45) is 5.49. The summed E-state index contributed by atoms with van der Waals surface area (Å²) >= 11 is 0. The molecule has 8 heteroatoms. The van der Waals surface area contributed by atoms with Crippen LogP contribution >= 0.6 is 0 Å². The smallest absolute Gasteiger partial charge is 0.259 e. The maximum atomic E-state index is 12.3. The zero-order valence-electron chi connectivity index (χ0n) is 16.5. The van der Waals surface area contributed by atoms with Crippen LogP contribution in [0.3, 0.4) is 0 Å². The summed E-state index contributed by atoms with van der Waals surface area (Å²) < 4.78 is 30.3. The highest BCUT2D eigenvalue weighted by atomic mass is 32.2. The fourth-order valence-electron chi connectivity index (χ4n) is 2.93. The molecule has 0 radical (unpaired) electrons. The highest BCUT2D eigenvalue weighted by molar-refractivity contribution is 7.89. The van der Waals surface area contributed by atoms with Crippen LogP contribution in [0.15, 0.2) is 24.3 Å². The van der Waals surface area contributed by atoms with Gasteiger partial charge in [-0.3, -0.25) is 10.0 Å². The van der Waals surface area contributed by atoms with E-state index in [1.165, 1.54) is 0 Å². The van der Waals surface area contributed by atoms with Gasteiger partial charge in [0.05, 0.1) is 12.4 Å². The number of carbonyl (C=O) groups is 1. The van der Waals surface area contributed by atoms with Crippen LogP contribution in [0, 0.1) is 5.92 Å². The number of ether oxygens (including phenoxy) is 1. The lowest BCUT2D eigenvalue weighted by Gasteiger charge is -2.21. The van der Waals surface area contributed by atoms with Gasteiger partial charge in [0.15, 0.2) is 0 Å². The second-order valence-electron chi connectivity index (χ2n) is 6.66. The highest BCUT2D eigenvalue weighted by Gasteiger charge is 2.23. The van der Waals surface area contributed by atoms with Gasteiger partial charge in [-0.25, -0.2) is 8.42 Å². The maximum absolute atomic E-state index is 12.3. The van der Waals surface area contributed by atoms with E-state index in [4.69, 9.17) is 4.74 Å². The van der Waals surface area contributed by atoms with E-state index in [0.717, 1.165) is 50.3 Å². The van der Waals surface area contributed by atoms with E-state index in [2.05, 4.69) is 6.92 Å². The van der Waals surface area contributed by atoms with Crippen LogP contribution in [-0.2, 0) is 21.2 Å². The second-order valence-corrected chi connectivity index (χ2v) is 8.41. The van der Waals surface area contributed by atoms with Crippen molar-refractivity contribution in [2.45, 2.75) is 59.3 Å². The van der Waals surface area contributed by atoms with Gasteiger partial charge in [-0.1, -0.05) is 55.6 Å². The van der Waals surface area contributed by atoms with Gasteiger partial charge >= 0.3 is 0 Å². The molecular formula is C19H32N2O5S. The molecule has 0 heterocycles. The van der Waals surface area contributed by atoms with Gasteiger partial charge in [0.2, 0.25) is 10.0 Å². The molecule has 0 aliphatic rings. The van der Waals surface area contributed by atoms with Gasteiger partial charge < -0.3 is 4.74 Å². The molecule has 1 atom stereocenters. The molecule has 27 heavy (non-hydrogen) atoms. The number of hydrogen-bond acceptors (Lipinski definition) is 5. The van der Waals surface area contributed by atoms with Gasteiger partial charge in [-0.15, -0.1) is 5.17 Å². The Bertz CT molecular complexity index is 678. The van der Waals surface area contributed by atoms with E-state index in [1.807, 2.05) is 36.0 Å². The van der Waals surface area contributed by atoms with E-state index < -0.39 is 15.9 Å². The van der Waals surface area contributed by atoms with E-state index >= 15 is 0 Å². The van der Waals surface area contributed by atoms with Crippen LogP contribution < -0.4 is 9.57 Å². The standard InChI is InChI=1S/C19H32N2O5S/c1-4-6-7-8-11-17(15-27(24,25)20-21(23)16(3)22)14-18-12-9-10-13-19(18)26-5-2/h9-10,12-13,17,20,23H,4-8,11,14-15H2,1-3H3. The lowest BCUT2D eigenvalue weighted by molar-refractivity contribution is -0.169. The van der Waals surface area contributed by atoms with E-state index in [1.54, 1.807) is 0 Å². The predicted molar refractivity (Wildman–Crippen MR) is 105 cm³/mol. The first kappa shape index (κ1) is 23.4. The molecule has 7 nitrogen and oxygen atoms in total. The first-order chi connectivity index (χ1) is 12.8. The van der Waals surface area contributed by atoms with Crippen molar-refractivity contribution in [3.63, 3.8) is 0 Å². The topological polar surface area (TPSA) is 95.9 Å². The third kappa shape index (κ3) is 9.21. The minimum absolute atomic E-state index is 0.0115. The summed E-state index contributed by atoms with van der Waals surface area (Å²) in [4.78, 5) is 13.0.